The Morgan fingerprint density at radius 3 is 2.15 bits per heavy atom. The number of hydrogen-bond acceptors (Lipinski definition) is 3. The van der Waals surface area contributed by atoms with Crippen LogP contribution >= 0.6 is 0 Å². The fourth-order valence-electron chi connectivity index (χ4n) is 1.84. The molecule has 5 heteroatoms. The molecule has 118 valence electrons. The number of nitrogens with one attached hydrogen (secondary N) is 1. The highest BCUT2D eigenvalue weighted by Gasteiger charge is 2.23. The standard InChI is InChI=1S/C15H29NO4/c1-5-6-7-8-9-10-11-12(13(17)18)16-14(19)20-15(2,3)4/h12H,5-11H2,1-4H3,(H,16,19)(H,17,18)/t12-/m1/s1. The van der Waals surface area contributed by atoms with Crippen LogP contribution in [-0.4, -0.2) is 28.8 Å². The van der Waals surface area contributed by atoms with E-state index >= 15 is 0 Å². The topological polar surface area (TPSA) is 75.6 Å². The quantitative estimate of drug-likeness (QED) is 0.634. The van der Waals surface area contributed by atoms with E-state index in [4.69, 9.17) is 9.84 Å². The van der Waals surface area contributed by atoms with Crippen molar-refractivity contribution in [3.63, 3.8) is 0 Å². The molecule has 0 aliphatic rings. The van der Waals surface area contributed by atoms with Gasteiger partial charge in [0.05, 0.1) is 0 Å². The number of carbonyl (C=O) groups excluding carboxylic acids is 1. The summed E-state index contributed by atoms with van der Waals surface area (Å²) < 4.78 is 5.06. The monoisotopic (exact) mass is 287 g/mol. The summed E-state index contributed by atoms with van der Waals surface area (Å²) in [6, 6.07) is -0.865. The maximum Gasteiger partial charge on any atom is 0.408 e. The molecule has 2 N–H and O–H groups in total. The average Bonchev–Trinajstić information content (AvgIpc) is 2.29. The van der Waals surface area contributed by atoms with E-state index in [1.165, 1.54) is 19.3 Å². The lowest BCUT2D eigenvalue weighted by molar-refractivity contribution is -0.139. The minimum Gasteiger partial charge on any atom is -0.480 e. The molecule has 0 unspecified atom stereocenters. The van der Waals surface area contributed by atoms with Gasteiger partial charge in [-0.1, -0.05) is 45.4 Å². The van der Waals surface area contributed by atoms with Gasteiger partial charge in [0.2, 0.25) is 0 Å². The third kappa shape index (κ3) is 10.6. The predicted octanol–water partition coefficient (Wildman–Crippen LogP) is 3.71. The van der Waals surface area contributed by atoms with Gasteiger partial charge < -0.3 is 15.2 Å². The van der Waals surface area contributed by atoms with Crippen molar-refractivity contribution >= 4 is 12.1 Å². The van der Waals surface area contributed by atoms with Crippen molar-refractivity contribution in [2.24, 2.45) is 0 Å². The van der Waals surface area contributed by atoms with Gasteiger partial charge in [-0.3, -0.25) is 0 Å². The minimum absolute atomic E-state index is 0.445. The normalized spacial score (nSPS) is 12.8. The molecule has 0 aliphatic heterocycles. The van der Waals surface area contributed by atoms with Crippen LogP contribution in [0.5, 0.6) is 0 Å². The molecule has 0 bridgehead atoms. The van der Waals surface area contributed by atoms with Gasteiger partial charge in [0.1, 0.15) is 11.6 Å². The first-order chi connectivity index (χ1) is 9.26. The highest BCUT2D eigenvalue weighted by atomic mass is 16.6. The molecule has 0 aliphatic carbocycles. The Bertz CT molecular complexity index is 297. The van der Waals surface area contributed by atoms with Gasteiger partial charge in [0, 0.05) is 0 Å². The second kappa shape index (κ2) is 9.61. The van der Waals surface area contributed by atoms with E-state index in [0.29, 0.717) is 6.42 Å². The number of carbonyl (C=O) groups is 2. The van der Waals surface area contributed by atoms with E-state index in [2.05, 4.69) is 12.2 Å². The van der Waals surface area contributed by atoms with Crippen LogP contribution in [0.3, 0.4) is 0 Å². The number of alkyl carbamates (subject to hydrolysis) is 1. The molecule has 0 saturated heterocycles. The summed E-state index contributed by atoms with van der Waals surface area (Å²) >= 11 is 0. The Morgan fingerprint density at radius 2 is 1.65 bits per heavy atom. The van der Waals surface area contributed by atoms with Crippen LogP contribution in [0.15, 0.2) is 0 Å². The van der Waals surface area contributed by atoms with Crippen molar-refractivity contribution < 1.29 is 19.4 Å². The maximum absolute atomic E-state index is 11.6. The summed E-state index contributed by atoms with van der Waals surface area (Å²) in [6.07, 6.45) is 6.30. The van der Waals surface area contributed by atoms with Gasteiger partial charge in [-0.2, -0.15) is 0 Å². The third-order valence-corrected chi connectivity index (χ3v) is 2.84. The molecule has 0 fully saturated rings. The fraction of sp³-hybridized carbons (Fsp3) is 0.867. The molecule has 0 radical (unpaired) electrons. The van der Waals surface area contributed by atoms with E-state index in [1.54, 1.807) is 20.8 Å². The summed E-state index contributed by atoms with van der Waals surface area (Å²) in [5.41, 5.74) is -0.618. The van der Waals surface area contributed by atoms with Gasteiger partial charge in [-0.25, -0.2) is 9.59 Å². The lowest BCUT2D eigenvalue weighted by Crippen LogP contribution is -2.43. The van der Waals surface area contributed by atoms with E-state index in [0.717, 1.165) is 19.3 Å². The van der Waals surface area contributed by atoms with Crippen LogP contribution < -0.4 is 5.32 Å². The Labute approximate surface area is 122 Å². The Kier molecular flexibility index (Phi) is 9.01. The molecule has 0 saturated carbocycles. The number of carboxylic acid groups (broad SMARTS) is 1. The Balaban J connectivity index is 3.99. The minimum atomic E-state index is -1.01. The van der Waals surface area contributed by atoms with Crippen molar-refractivity contribution in [3.05, 3.63) is 0 Å². The summed E-state index contributed by atoms with van der Waals surface area (Å²) in [5, 5.41) is 11.5. The first kappa shape index (κ1) is 18.7. The van der Waals surface area contributed by atoms with Crippen molar-refractivity contribution in [1.82, 2.24) is 5.32 Å². The van der Waals surface area contributed by atoms with Crippen LogP contribution in [0.1, 0.15) is 72.6 Å². The van der Waals surface area contributed by atoms with Gasteiger partial charge in [0.15, 0.2) is 0 Å². The summed E-state index contributed by atoms with van der Waals surface area (Å²) in [4.78, 5) is 22.6. The number of rotatable bonds is 9. The summed E-state index contributed by atoms with van der Waals surface area (Å²) in [7, 11) is 0. The molecule has 1 atom stereocenters. The zero-order valence-electron chi connectivity index (χ0n) is 13.2. The number of carboxylic acids is 1. The predicted molar refractivity (Wildman–Crippen MR) is 78.8 cm³/mol. The molecule has 20 heavy (non-hydrogen) atoms. The van der Waals surface area contributed by atoms with Crippen molar-refractivity contribution in [3.8, 4) is 0 Å². The molecule has 0 rings (SSSR count). The van der Waals surface area contributed by atoms with Gasteiger partial charge in [-0.15, -0.1) is 0 Å². The van der Waals surface area contributed by atoms with Crippen molar-refractivity contribution in [2.75, 3.05) is 0 Å². The molecule has 0 spiro atoms. The van der Waals surface area contributed by atoms with Crippen LogP contribution in [0.2, 0.25) is 0 Å². The number of unbranched alkanes of at least 4 members (excludes halogenated alkanes) is 5. The second-order valence-electron chi connectivity index (χ2n) is 6.09. The summed E-state index contributed by atoms with van der Waals surface area (Å²) in [6.45, 7) is 7.40. The fourth-order valence-corrected chi connectivity index (χ4v) is 1.84. The molecule has 1 amide bonds. The molecule has 0 aromatic carbocycles. The molecule has 0 aromatic heterocycles. The third-order valence-electron chi connectivity index (χ3n) is 2.84. The number of ether oxygens (including phenoxy) is 1. The smallest absolute Gasteiger partial charge is 0.408 e. The SMILES string of the molecule is CCCCCCCC[C@@H](NC(=O)OC(C)(C)C)C(=O)O. The highest BCUT2D eigenvalue weighted by Crippen LogP contribution is 2.10. The van der Waals surface area contributed by atoms with Crippen LogP contribution in [0.4, 0.5) is 4.79 Å². The van der Waals surface area contributed by atoms with E-state index in [-0.39, 0.29) is 0 Å². The van der Waals surface area contributed by atoms with E-state index in [9.17, 15) is 9.59 Å². The average molecular weight is 287 g/mol. The number of amides is 1. The maximum atomic E-state index is 11.6. The van der Waals surface area contributed by atoms with Crippen LogP contribution in [0.25, 0.3) is 0 Å². The highest BCUT2D eigenvalue weighted by molar-refractivity contribution is 5.79. The second-order valence-corrected chi connectivity index (χ2v) is 6.09. The van der Waals surface area contributed by atoms with Crippen molar-refractivity contribution in [1.29, 1.82) is 0 Å². The zero-order chi connectivity index (χ0) is 15.6. The summed E-state index contributed by atoms with van der Waals surface area (Å²) in [5.74, 6) is -1.01. The molecular formula is C15H29NO4. The lowest BCUT2D eigenvalue weighted by atomic mass is 10.1. The molecule has 5 nitrogen and oxygen atoms in total. The Morgan fingerprint density at radius 1 is 1.10 bits per heavy atom. The number of hydrogen-bond donors (Lipinski definition) is 2. The van der Waals surface area contributed by atoms with Gasteiger partial charge >= 0.3 is 12.1 Å². The van der Waals surface area contributed by atoms with Gasteiger partial charge in [-0.05, 0) is 27.2 Å². The van der Waals surface area contributed by atoms with Gasteiger partial charge in [0.25, 0.3) is 0 Å². The van der Waals surface area contributed by atoms with E-state index in [1.807, 2.05) is 0 Å². The zero-order valence-corrected chi connectivity index (χ0v) is 13.2. The molecule has 0 heterocycles. The van der Waals surface area contributed by atoms with Crippen LogP contribution in [-0.2, 0) is 9.53 Å². The largest absolute Gasteiger partial charge is 0.480 e. The number of aliphatic carboxylic acids is 1. The molecule has 0 aromatic rings. The lowest BCUT2D eigenvalue weighted by Gasteiger charge is -2.22. The Hall–Kier alpha value is -1.26. The first-order valence-electron chi connectivity index (χ1n) is 7.48. The first-order valence-corrected chi connectivity index (χ1v) is 7.48. The van der Waals surface area contributed by atoms with Crippen LogP contribution in [0, 0.1) is 0 Å². The molecular weight excluding hydrogens is 258 g/mol. The van der Waals surface area contributed by atoms with Crippen molar-refractivity contribution in [2.45, 2.75) is 84.3 Å². The van der Waals surface area contributed by atoms with E-state index < -0.39 is 23.7 Å².